The van der Waals surface area contributed by atoms with Gasteiger partial charge in [-0.3, -0.25) is 0 Å². The lowest BCUT2D eigenvalue weighted by Gasteiger charge is -2.05. The van der Waals surface area contributed by atoms with E-state index in [0.29, 0.717) is 0 Å². The Kier molecular flexibility index (Phi) is 4.22. The van der Waals surface area contributed by atoms with E-state index in [1.54, 1.807) is 18.4 Å². The fourth-order valence-corrected chi connectivity index (χ4v) is 2.99. The van der Waals surface area contributed by atoms with Crippen LogP contribution in [0.1, 0.15) is 4.88 Å². The predicted octanol–water partition coefficient (Wildman–Crippen LogP) is 5.04. The summed E-state index contributed by atoms with van der Waals surface area (Å²) >= 11 is 1.78. The van der Waals surface area contributed by atoms with Gasteiger partial charge in [0.05, 0.1) is 7.11 Å². The van der Waals surface area contributed by atoms with E-state index in [2.05, 4.69) is 41.0 Å². The van der Waals surface area contributed by atoms with E-state index in [9.17, 15) is 0 Å². The van der Waals surface area contributed by atoms with Crippen molar-refractivity contribution < 1.29 is 4.74 Å². The maximum atomic E-state index is 5.16. The maximum Gasteiger partial charge on any atom is 0.119 e. The molecule has 0 amide bonds. The first-order chi connectivity index (χ1) is 10.3. The van der Waals surface area contributed by atoms with Crippen LogP contribution in [-0.2, 0) is 6.54 Å². The van der Waals surface area contributed by atoms with E-state index in [1.807, 2.05) is 30.3 Å². The van der Waals surface area contributed by atoms with Crippen molar-refractivity contribution in [1.82, 2.24) is 0 Å². The Bertz CT molecular complexity index is 689. The van der Waals surface area contributed by atoms with Gasteiger partial charge in [-0.2, -0.15) is 0 Å². The van der Waals surface area contributed by atoms with Crippen molar-refractivity contribution in [2.75, 3.05) is 12.4 Å². The molecule has 0 aliphatic rings. The van der Waals surface area contributed by atoms with Gasteiger partial charge in [-0.15, -0.1) is 11.3 Å². The van der Waals surface area contributed by atoms with Gasteiger partial charge in [0.2, 0.25) is 0 Å². The molecular formula is C18H17NOS. The average molecular weight is 295 g/mol. The van der Waals surface area contributed by atoms with Crippen molar-refractivity contribution in [1.29, 1.82) is 0 Å². The molecule has 106 valence electrons. The highest BCUT2D eigenvalue weighted by Gasteiger charge is 2.02. The molecular weight excluding hydrogens is 278 g/mol. The molecule has 1 aromatic heterocycles. The first kappa shape index (κ1) is 13.7. The number of methoxy groups -OCH3 is 1. The molecule has 3 aromatic rings. The van der Waals surface area contributed by atoms with Crippen LogP contribution in [0.3, 0.4) is 0 Å². The fourth-order valence-electron chi connectivity index (χ4n) is 2.15. The van der Waals surface area contributed by atoms with Gasteiger partial charge in [0, 0.05) is 17.1 Å². The molecule has 21 heavy (non-hydrogen) atoms. The van der Waals surface area contributed by atoms with Crippen molar-refractivity contribution >= 4 is 17.0 Å². The molecule has 1 heterocycles. The van der Waals surface area contributed by atoms with Gasteiger partial charge in [-0.05, 0) is 46.8 Å². The van der Waals surface area contributed by atoms with Crippen molar-refractivity contribution in [3.8, 4) is 16.9 Å². The molecule has 3 heteroatoms. The Morgan fingerprint density at radius 3 is 2.43 bits per heavy atom. The van der Waals surface area contributed by atoms with Crippen LogP contribution in [0.4, 0.5) is 5.69 Å². The monoisotopic (exact) mass is 295 g/mol. The Balaban J connectivity index is 1.64. The number of hydrogen-bond acceptors (Lipinski definition) is 3. The summed E-state index contributed by atoms with van der Waals surface area (Å²) in [7, 11) is 1.68. The molecule has 0 bridgehead atoms. The van der Waals surface area contributed by atoms with Gasteiger partial charge in [-0.25, -0.2) is 0 Å². The maximum absolute atomic E-state index is 5.16. The summed E-state index contributed by atoms with van der Waals surface area (Å²) < 4.78 is 5.16. The summed E-state index contributed by atoms with van der Waals surface area (Å²) in [5.41, 5.74) is 3.65. The van der Waals surface area contributed by atoms with Gasteiger partial charge in [-0.1, -0.05) is 30.3 Å². The molecule has 0 fully saturated rings. The molecule has 3 rings (SSSR count). The molecule has 1 N–H and O–H groups in total. The summed E-state index contributed by atoms with van der Waals surface area (Å²) in [6, 6.07) is 20.7. The van der Waals surface area contributed by atoms with Crippen LogP contribution in [0.2, 0.25) is 0 Å². The predicted molar refractivity (Wildman–Crippen MR) is 90.1 cm³/mol. The van der Waals surface area contributed by atoms with E-state index in [1.165, 1.54) is 16.0 Å². The third-order valence-electron chi connectivity index (χ3n) is 3.32. The zero-order chi connectivity index (χ0) is 14.5. The second-order valence-electron chi connectivity index (χ2n) is 4.75. The summed E-state index contributed by atoms with van der Waals surface area (Å²) in [4.78, 5) is 1.32. The van der Waals surface area contributed by atoms with Gasteiger partial charge in [0.25, 0.3) is 0 Å². The van der Waals surface area contributed by atoms with E-state index in [4.69, 9.17) is 4.74 Å². The van der Waals surface area contributed by atoms with Crippen LogP contribution < -0.4 is 10.1 Å². The lowest BCUT2D eigenvalue weighted by molar-refractivity contribution is 0.415. The fraction of sp³-hybridized carbons (Fsp3) is 0.111. The zero-order valence-electron chi connectivity index (χ0n) is 11.9. The third-order valence-corrected chi connectivity index (χ3v) is 4.25. The van der Waals surface area contributed by atoms with Gasteiger partial charge < -0.3 is 10.1 Å². The Labute approximate surface area is 129 Å². The normalized spacial score (nSPS) is 10.3. The molecule has 0 spiro atoms. The summed E-state index contributed by atoms with van der Waals surface area (Å²) in [5, 5.41) is 5.64. The molecule has 0 aliphatic carbocycles. The number of thiophene rings is 1. The van der Waals surface area contributed by atoms with Crippen LogP contribution in [0, 0.1) is 0 Å². The van der Waals surface area contributed by atoms with E-state index in [0.717, 1.165) is 18.0 Å². The summed E-state index contributed by atoms with van der Waals surface area (Å²) in [5.74, 6) is 0.878. The average Bonchev–Trinajstić information content (AvgIpc) is 3.03. The topological polar surface area (TPSA) is 21.3 Å². The Hall–Kier alpha value is -2.26. The largest absolute Gasteiger partial charge is 0.497 e. The first-order valence-corrected chi connectivity index (χ1v) is 7.74. The second kappa shape index (κ2) is 6.46. The first-order valence-electron chi connectivity index (χ1n) is 6.86. The summed E-state index contributed by atoms with van der Waals surface area (Å²) in [6.45, 7) is 0.837. The number of ether oxygens (including phenoxy) is 1. The minimum absolute atomic E-state index is 0.837. The number of nitrogens with one attached hydrogen (secondary N) is 1. The molecule has 0 aliphatic heterocycles. The molecule has 0 saturated heterocycles. The second-order valence-corrected chi connectivity index (χ2v) is 5.75. The third kappa shape index (κ3) is 3.44. The van der Waals surface area contributed by atoms with Crippen LogP contribution in [-0.4, -0.2) is 7.11 Å². The Morgan fingerprint density at radius 2 is 1.71 bits per heavy atom. The standard InChI is InChI=1S/C18H17NOS/c1-20-17-9-7-16(8-10-17)19-12-18-11-15(13-21-18)14-5-3-2-4-6-14/h2-11,13,19H,12H2,1H3. The lowest BCUT2D eigenvalue weighted by Crippen LogP contribution is -1.97. The molecule has 0 saturated carbocycles. The molecule has 2 nitrogen and oxygen atoms in total. The van der Waals surface area contributed by atoms with Crippen molar-refractivity contribution in [3.63, 3.8) is 0 Å². The van der Waals surface area contributed by atoms with Crippen molar-refractivity contribution in [3.05, 3.63) is 70.9 Å². The zero-order valence-corrected chi connectivity index (χ0v) is 12.7. The van der Waals surface area contributed by atoms with Gasteiger partial charge in [0.1, 0.15) is 5.75 Å². The van der Waals surface area contributed by atoms with Gasteiger partial charge >= 0.3 is 0 Å². The number of anilines is 1. The van der Waals surface area contributed by atoms with Crippen LogP contribution in [0.25, 0.3) is 11.1 Å². The number of benzene rings is 2. The molecule has 0 radical (unpaired) electrons. The highest BCUT2D eigenvalue weighted by molar-refractivity contribution is 7.10. The number of hydrogen-bond donors (Lipinski definition) is 1. The lowest BCUT2D eigenvalue weighted by atomic mass is 10.1. The minimum atomic E-state index is 0.837. The van der Waals surface area contributed by atoms with Crippen molar-refractivity contribution in [2.45, 2.75) is 6.54 Å². The van der Waals surface area contributed by atoms with Gasteiger partial charge in [0.15, 0.2) is 0 Å². The molecule has 0 atom stereocenters. The van der Waals surface area contributed by atoms with Crippen LogP contribution in [0.15, 0.2) is 66.0 Å². The highest BCUT2D eigenvalue weighted by Crippen LogP contribution is 2.26. The SMILES string of the molecule is COc1ccc(NCc2cc(-c3ccccc3)cs2)cc1. The van der Waals surface area contributed by atoms with E-state index in [-0.39, 0.29) is 0 Å². The molecule has 2 aromatic carbocycles. The molecule has 0 unspecified atom stereocenters. The van der Waals surface area contributed by atoms with Crippen LogP contribution >= 0.6 is 11.3 Å². The minimum Gasteiger partial charge on any atom is -0.497 e. The summed E-state index contributed by atoms with van der Waals surface area (Å²) in [6.07, 6.45) is 0. The van der Waals surface area contributed by atoms with E-state index < -0.39 is 0 Å². The van der Waals surface area contributed by atoms with E-state index >= 15 is 0 Å². The van der Waals surface area contributed by atoms with Crippen molar-refractivity contribution in [2.24, 2.45) is 0 Å². The smallest absolute Gasteiger partial charge is 0.119 e. The van der Waals surface area contributed by atoms with Crippen LogP contribution in [0.5, 0.6) is 5.75 Å². The highest BCUT2D eigenvalue weighted by atomic mass is 32.1. The quantitative estimate of drug-likeness (QED) is 0.712. The Morgan fingerprint density at radius 1 is 0.952 bits per heavy atom. The number of rotatable bonds is 5.